The number of hydrogen-bond acceptors (Lipinski definition) is 3. The Kier molecular flexibility index (Phi) is 7.75. The molecule has 0 heterocycles. The van der Waals surface area contributed by atoms with E-state index in [-0.39, 0.29) is 24.7 Å². The van der Waals surface area contributed by atoms with Crippen molar-refractivity contribution in [1.29, 1.82) is 0 Å². The van der Waals surface area contributed by atoms with Crippen LogP contribution in [0, 0.1) is 5.92 Å². The van der Waals surface area contributed by atoms with Crippen LogP contribution in [-0.2, 0) is 4.74 Å². The molecule has 1 atom stereocenters. The Balaban J connectivity index is 1.54. The van der Waals surface area contributed by atoms with Gasteiger partial charge in [0.25, 0.3) is 5.85 Å². The highest BCUT2D eigenvalue weighted by atomic mass is 19.4. The van der Waals surface area contributed by atoms with Gasteiger partial charge >= 0.3 is 6.18 Å². The van der Waals surface area contributed by atoms with Gasteiger partial charge in [-0.1, -0.05) is 55.1 Å². The van der Waals surface area contributed by atoms with Crippen molar-refractivity contribution < 1.29 is 31.8 Å². The molecule has 1 aliphatic rings. The van der Waals surface area contributed by atoms with Crippen LogP contribution in [0.25, 0.3) is 0 Å². The second kappa shape index (κ2) is 10.5. The highest BCUT2D eigenvalue weighted by Crippen LogP contribution is 2.36. The van der Waals surface area contributed by atoms with Gasteiger partial charge in [-0.25, -0.2) is 0 Å². The lowest BCUT2D eigenvalue weighted by Gasteiger charge is -2.25. The van der Waals surface area contributed by atoms with Gasteiger partial charge in [0.15, 0.2) is 0 Å². The molecule has 0 saturated carbocycles. The monoisotopic (exact) mass is 448 g/mol. The summed E-state index contributed by atoms with van der Waals surface area (Å²) < 4.78 is 71.5. The van der Waals surface area contributed by atoms with Crippen LogP contribution in [0.5, 0.6) is 11.5 Å². The van der Waals surface area contributed by atoms with Gasteiger partial charge in [-0.3, -0.25) is 0 Å². The number of rotatable bonds is 10. The van der Waals surface area contributed by atoms with Crippen molar-refractivity contribution in [2.75, 3.05) is 19.8 Å². The molecule has 3 rings (SSSR count). The zero-order valence-corrected chi connectivity index (χ0v) is 17.3. The maximum absolute atomic E-state index is 14.8. The molecule has 1 aliphatic carbocycles. The lowest BCUT2D eigenvalue weighted by atomic mass is 9.99. The molecule has 0 saturated heterocycles. The Hall–Kier alpha value is -3.06. The van der Waals surface area contributed by atoms with Crippen LogP contribution in [0.3, 0.4) is 0 Å². The molecule has 1 unspecified atom stereocenters. The van der Waals surface area contributed by atoms with Gasteiger partial charge in [-0.05, 0) is 42.0 Å². The fourth-order valence-corrected chi connectivity index (χ4v) is 3.13. The summed E-state index contributed by atoms with van der Waals surface area (Å²) in [7, 11) is 0. The van der Waals surface area contributed by atoms with Gasteiger partial charge in [0, 0.05) is 5.92 Å². The number of halogens is 4. The smallest absolute Gasteiger partial charge is 0.397 e. The van der Waals surface area contributed by atoms with Crippen LogP contribution in [-0.4, -0.2) is 31.9 Å². The van der Waals surface area contributed by atoms with E-state index in [1.54, 1.807) is 36.4 Å². The molecule has 2 aromatic rings. The first kappa shape index (κ1) is 23.6. The highest BCUT2D eigenvalue weighted by Gasteiger charge is 2.41. The zero-order valence-electron chi connectivity index (χ0n) is 17.3. The maximum atomic E-state index is 14.8. The Morgan fingerprint density at radius 3 is 2.22 bits per heavy atom. The van der Waals surface area contributed by atoms with Crippen molar-refractivity contribution in [2.24, 2.45) is 5.92 Å². The SMILES string of the molecule is C=CCOc1ccc(C(COCC2C=CC(F)(Oc3ccccc3)C=C2)C(F)(F)F)cc1. The van der Waals surface area contributed by atoms with Gasteiger partial charge in [0.05, 0.1) is 13.2 Å². The van der Waals surface area contributed by atoms with Gasteiger partial charge in [0.1, 0.15) is 24.0 Å². The molecular formula is C25H24F4O3. The molecule has 0 bridgehead atoms. The van der Waals surface area contributed by atoms with E-state index >= 15 is 0 Å². The Morgan fingerprint density at radius 1 is 0.969 bits per heavy atom. The summed E-state index contributed by atoms with van der Waals surface area (Å²) in [5.41, 5.74) is 0.0808. The number of alkyl halides is 4. The third-order valence-corrected chi connectivity index (χ3v) is 4.80. The van der Waals surface area contributed by atoms with E-state index in [9.17, 15) is 17.6 Å². The first-order chi connectivity index (χ1) is 15.3. The standard InChI is InChI=1S/C25H24F4O3/c1-2-16-31-21-10-8-20(9-11-21)23(25(27,28)29)18-30-17-19-12-14-24(26,15-13-19)32-22-6-4-3-5-7-22/h2-15,19,23H,1,16-18H2. The van der Waals surface area contributed by atoms with Crippen molar-refractivity contribution >= 4 is 0 Å². The molecule has 2 aromatic carbocycles. The van der Waals surface area contributed by atoms with Gasteiger partial charge in [-0.2, -0.15) is 17.6 Å². The Morgan fingerprint density at radius 2 is 1.62 bits per heavy atom. The minimum atomic E-state index is -4.47. The topological polar surface area (TPSA) is 27.7 Å². The number of benzene rings is 2. The second-order valence-electron chi connectivity index (χ2n) is 7.30. The fraction of sp³-hybridized carbons (Fsp3) is 0.280. The first-order valence-electron chi connectivity index (χ1n) is 10.1. The van der Waals surface area contributed by atoms with Crippen LogP contribution >= 0.6 is 0 Å². The van der Waals surface area contributed by atoms with Crippen LogP contribution in [0.1, 0.15) is 11.5 Å². The number of hydrogen-bond donors (Lipinski definition) is 0. The quantitative estimate of drug-likeness (QED) is 0.311. The summed E-state index contributed by atoms with van der Waals surface area (Å²) in [6.07, 6.45) is 2.59. The molecule has 170 valence electrons. The van der Waals surface area contributed by atoms with Crippen LogP contribution in [0.4, 0.5) is 17.6 Å². The van der Waals surface area contributed by atoms with Crippen molar-refractivity contribution in [3.8, 4) is 11.5 Å². The predicted molar refractivity (Wildman–Crippen MR) is 114 cm³/mol. The summed E-state index contributed by atoms with van der Waals surface area (Å²) in [5, 5.41) is 0. The zero-order chi connectivity index (χ0) is 23.0. The molecule has 3 nitrogen and oxygen atoms in total. The van der Waals surface area contributed by atoms with Crippen molar-refractivity contribution in [2.45, 2.75) is 17.9 Å². The normalized spacial score (nSPS) is 21.2. The molecule has 0 fully saturated rings. The summed E-state index contributed by atoms with van der Waals surface area (Å²) in [6.45, 7) is 3.23. The molecule has 0 aliphatic heterocycles. The molecule has 0 N–H and O–H groups in total. The highest BCUT2D eigenvalue weighted by molar-refractivity contribution is 5.31. The molecule has 0 aromatic heterocycles. The largest absolute Gasteiger partial charge is 0.490 e. The summed E-state index contributed by atoms with van der Waals surface area (Å²) in [6, 6.07) is 14.2. The Bertz CT molecular complexity index is 906. The molecular weight excluding hydrogens is 424 g/mol. The van der Waals surface area contributed by atoms with Crippen LogP contribution < -0.4 is 9.47 Å². The third kappa shape index (κ3) is 6.72. The fourth-order valence-electron chi connectivity index (χ4n) is 3.13. The van der Waals surface area contributed by atoms with E-state index in [2.05, 4.69) is 6.58 Å². The van der Waals surface area contributed by atoms with E-state index in [0.29, 0.717) is 11.5 Å². The van der Waals surface area contributed by atoms with E-state index in [0.717, 1.165) is 0 Å². The first-order valence-corrected chi connectivity index (χ1v) is 10.1. The third-order valence-electron chi connectivity index (χ3n) is 4.80. The van der Waals surface area contributed by atoms with E-state index < -0.39 is 24.6 Å². The predicted octanol–water partition coefficient (Wildman–Crippen LogP) is 6.40. The summed E-state index contributed by atoms with van der Waals surface area (Å²) in [4.78, 5) is 0. The minimum absolute atomic E-state index is 0.0124. The molecule has 32 heavy (non-hydrogen) atoms. The molecule has 7 heteroatoms. The number of ether oxygens (including phenoxy) is 3. The maximum Gasteiger partial charge on any atom is 0.397 e. The summed E-state index contributed by atoms with van der Waals surface area (Å²) in [5.74, 6) is -3.42. The van der Waals surface area contributed by atoms with Gasteiger partial charge in [-0.15, -0.1) is 0 Å². The van der Waals surface area contributed by atoms with E-state index in [1.807, 2.05) is 0 Å². The van der Waals surface area contributed by atoms with E-state index in [1.165, 1.54) is 48.6 Å². The van der Waals surface area contributed by atoms with E-state index in [4.69, 9.17) is 14.2 Å². The molecule has 0 radical (unpaired) electrons. The Labute approximate surface area is 184 Å². The molecule has 0 amide bonds. The van der Waals surface area contributed by atoms with Crippen LogP contribution in [0.15, 0.2) is 91.6 Å². The second-order valence-corrected chi connectivity index (χ2v) is 7.30. The van der Waals surface area contributed by atoms with Gasteiger partial charge < -0.3 is 14.2 Å². The minimum Gasteiger partial charge on any atom is -0.490 e. The summed E-state index contributed by atoms with van der Waals surface area (Å²) >= 11 is 0. The molecule has 0 spiro atoms. The number of para-hydroxylation sites is 1. The van der Waals surface area contributed by atoms with Crippen molar-refractivity contribution in [3.05, 3.63) is 97.1 Å². The average molecular weight is 448 g/mol. The lowest BCUT2D eigenvalue weighted by molar-refractivity contribution is -0.163. The van der Waals surface area contributed by atoms with Gasteiger partial charge in [0.2, 0.25) is 0 Å². The van der Waals surface area contributed by atoms with Crippen molar-refractivity contribution in [3.63, 3.8) is 0 Å². The lowest BCUT2D eigenvalue weighted by Crippen LogP contribution is -2.29. The average Bonchev–Trinajstić information content (AvgIpc) is 2.77. The van der Waals surface area contributed by atoms with Crippen LogP contribution in [0.2, 0.25) is 0 Å². The van der Waals surface area contributed by atoms with Crippen molar-refractivity contribution in [1.82, 2.24) is 0 Å².